The van der Waals surface area contributed by atoms with E-state index < -0.39 is 5.97 Å². The van der Waals surface area contributed by atoms with Crippen LogP contribution in [0.5, 0.6) is 5.75 Å². The van der Waals surface area contributed by atoms with E-state index in [2.05, 4.69) is 0 Å². The minimum atomic E-state index is -0.561. The average molecular weight is 370 g/mol. The lowest BCUT2D eigenvalue weighted by Gasteiger charge is -2.19. The molecule has 1 saturated carbocycles. The summed E-state index contributed by atoms with van der Waals surface area (Å²) in [6.45, 7) is 0.0433. The number of hydrogen-bond donors (Lipinski definition) is 0. The molecule has 1 aromatic carbocycles. The first kappa shape index (κ1) is 17.2. The Morgan fingerprint density at radius 1 is 1.12 bits per heavy atom. The number of likely N-dealkylation sites (tertiary alicyclic amines) is 1. The Bertz CT molecular complexity index is 667. The molecular weight excluding hydrogens is 353 g/mol. The van der Waals surface area contributed by atoms with Gasteiger partial charge in [-0.2, -0.15) is 0 Å². The smallest absolute Gasteiger partial charge is 0.313 e. The van der Waals surface area contributed by atoms with Gasteiger partial charge in [0.1, 0.15) is 0 Å². The lowest BCUT2D eigenvalue weighted by molar-refractivity contribution is -0.141. The van der Waals surface area contributed by atoms with Crippen molar-refractivity contribution in [2.24, 2.45) is 11.8 Å². The summed E-state index contributed by atoms with van der Waals surface area (Å²) in [5.74, 6) is -1.11. The zero-order chi connectivity index (χ0) is 17.3. The molecule has 0 bridgehead atoms. The molecule has 1 aliphatic carbocycles. The molecule has 0 aromatic heterocycles. The van der Waals surface area contributed by atoms with Crippen LogP contribution in [0.25, 0.3) is 0 Å². The van der Waals surface area contributed by atoms with Crippen molar-refractivity contribution in [1.82, 2.24) is 4.90 Å². The molecular formula is C17H17Cl2NO4. The van der Waals surface area contributed by atoms with E-state index in [-0.39, 0.29) is 47.4 Å². The Hall–Kier alpha value is -1.59. The summed E-state index contributed by atoms with van der Waals surface area (Å²) in [5.41, 5.74) is 0. The van der Waals surface area contributed by atoms with Crippen molar-refractivity contribution in [3.8, 4) is 5.75 Å². The number of halogens is 2. The van der Waals surface area contributed by atoms with E-state index in [1.165, 1.54) is 17.0 Å². The van der Waals surface area contributed by atoms with Gasteiger partial charge >= 0.3 is 5.97 Å². The average Bonchev–Trinajstić information content (AvgIpc) is 2.81. The largest absolute Gasteiger partial charge is 0.425 e. The van der Waals surface area contributed by atoms with Crippen LogP contribution in [0.4, 0.5) is 0 Å². The van der Waals surface area contributed by atoms with Crippen LogP contribution in [0.1, 0.15) is 32.1 Å². The van der Waals surface area contributed by atoms with E-state index in [0.717, 1.165) is 25.7 Å². The Morgan fingerprint density at radius 2 is 1.75 bits per heavy atom. The zero-order valence-electron chi connectivity index (χ0n) is 13.0. The molecule has 0 N–H and O–H groups in total. The van der Waals surface area contributed by atoms with Crippen molar-refractivity contribution in [2.45, 2.75) is 32.1 Å². The fraction of sp³-hybridized carbons (Fsp3) is 0.471. The lowest BCUT2D eigenvalue weighted by Crippen LogP contribution is -2.33. The maximum atomic E-state index is 12.3. The standard InChI is InChI=1S/C17H17Cl2NO4/c18-10-5-6-13(19)14(9-10)24-15(21)7-8-20-16(22)11-3-1-2-4-12(11)17(20)23/h5-6,9,11-12H,1-4,7-8H2/t11-,12+. The van der Waals surface area contributed by atoms with Crippen molar-refractivity contribution in [3.05, 3.63) is 28.2 Å². The number of benzene rings is 1. The second-order valence-electron chi connectivity index (χ2n) is 6.12. The number of nitrogens with zero attached hydrogens (tertiary/aromatic N) is 1. The van der Waals surface area contributed by atoms with Gasteiger partial charge in [-0.25, -0.2) is 0 Å². The molecule has 1 aromatic rings. The van der Waals surface area contributed by atoms with Crippen molar-refractivity contribution in [2.75, 3.05) is 6.54 Å². The number of fused-ring (bicyclic) bond motifs is 1. The Kier molecular flexibility index (Phi) is 5.11. The number of hydrogen-bond acceptors (Lipinski definition) is 4. The summed E-state index contributed by atoms with van der Waals surface area (Å²) in [4.78, 5) is 37.9. The van der Waals surface area contributed by atoms with Gasteiger partial charge in [-0.3, -0.25) is 19.3 Å². The normalized spacial score (nSPS) is 23.3. The number of esters is 1. The quantitative estimate of drug-likeness (QED) is 0.463. The number of carbonyl (C=O) groups excluding carboxylic acids is 3. The van der Waals surface area contributed by atoms with E-state index >= 15 is 0 Å². The van der Waals surface area contributed by atoms with Crippen molar-refractivity contribution in [3.63, 3.8) is 0 Å². The number of ether oxygens (including phenoxy) is 1. The number of imide groups is 1. The highest BCUT2D eigenvalue weighted by Crippen LogP contribution is 2.38. The van der Waals surface area contributed by atoms with Gasteiger partial charge in [0.15, 0.2) is 5.75 Å². The van der Waals surface area contributed by atoms with Gasteiger partial charge in [0.2, 0.25) is 11.8 Å². The topological polar surface area (TPSA) is 63.7 Å². The minimum absolute atomic E-state index is 0.0433. The molecule has 5 nitrogen and oxygen atoms in total. The van der Waals surface area contributed by atoms with E-state index in [4.69, 9.17) is 27.9 Å². The van der Waals surface area contributed by atoms with Gasteiger partial charge in [0, 0.05) is 17.6 Å². The van der Waals surface area contributed by atoms with Crippen molar-refractivity contribution < 1.29 is 19.1 Å². The van der Waals surface area contributed by atoms with Crippen LogP contribution in [0.2, 0.25) is 10.0 Å². The highest BCUT2D eigenvalue weighted by Gasteiger charge is 2.47. The Morgan fingerprint density at radius 3 is 2.38 bits per heavy atom. The zero-order valence-corrected chi connectivity index (χ0v) is 14.5. The van der Waals surface area contributed by atoms with Crippen LogP contribution >= 0.6 is 23.2 Å². The van der Waals surface area contributed by atoms with Crippen LogP contribution < -0.4 is 4.74 Å². The fourth-order valence-electron chi connectivity index (χ4n) is 3.38. The molecule has 128 valence electrons. The van der Waals surface area contributed by atoms with E-state index in [1.54, 1.807) is 6.07 Å². The SMILES string of the molecule is O=C(CCN1C(=O)[C@H]2CCCC[C@H]2C1=O)Oc1cc(Cl)ccc1Cl. The molecule has 1 aliphatic heterocycles. The monoisotopic (exact) mass is 369 g/mol. The second kappa shape index (κ2) is 7.11. The molecule has 1 heterocycles. The second-order valence-corrected chi connectivity index (χ2v) is 6.97. The molecule has 3 rings (SSSR count). The van der Waals surface area contributed by atoms with Crippen LogP contribution in [0.3, 0.4) is 0 Å². The Labute approximate surface area is 149 Å². The molecule has 2 fully saturated rings. The van der Waals surface area contributed by atoms with Crippen LogP contribution in [-0.4, -0.2) is 29.2 Å². The lowest BCUT2D eigenvalue weighted by atomic mass is 9.81. The third-order valence-corrected chi connectivity index (χ3v) is 5.14. The summed E-state index contributed by atoms with van der Waals surface area (Å²) in [5, 5.41) is 0.670. The molecule has 0 radical (unpaired) electrons. The van der Waals surface area contributed by atoms with Crippen LogP contribution in [0, 0.1) is 11.8 Å². The molecule has 2 atom stereocenters. The van der Waals surface area contributed by atoms with Gasteiger partial charge < -0.3 is 4.74 Å². The summed E-state index contributed by atoms with van der Waals surface area (Å²) in [7, 11) is 0. The molecule has 24 heavy (non-hydrogen) atoms. The van der Waals surface area contributed by atoms with Gasteiger partial charge in [-0.05, 0) is 25.0 Å². The molecule has 0 unspecified atom stereocenters. The highest BCUT2D eigenvalue weighted by atomic mass is 35.5. The first-order valence-electron chi connectivity index (χ1n) is 7.98. The maximum absolute atomic E-state index is 12.3. The first-order valence-corrected chi connectivity index (χ1v) is 8.74. The van der Waals surface area contributed by atoms with E-state index in [1.807, 2.05) is 0 Å². The number of amides is 2. The van der Waals surface area contributed by atoms with Gasteiger partial charge in [-0.1, -0.05) is 36.0 Å². The van der Waals surface area contributed by atoms with Crippen LogP contribution in [-0.2, 0) is 14.4 Å². The molecule has 7 heteroatoms. The predicted octanol–water partition coefficient (Wildman–Crippen LogP) is 3.46. The third kappa shape index (κ3) is 3.42. The van der Waals surface area contributed by atoms with E-state index in [0.29, 0.717) is 5.02 Å². The Balaban J connectivity index is 1.59. The summed E-state index contributed by atoms with van der Waals surface area (Å²) >= 11 is 11.8. The third-order valence-electron chi connectivity index (χ3n) is 4.59. The molecule has 0 spiro atoms. The van der Waals surface area contributed by atoms with Crippen molar-refractivity contribution in [1.29, 1.82) is 0 Å². The number of rotatable bonds is 4. The maximum Gasteiger partial charge on any atom is 0.313 e. The molecule has 2 aliphatic rings. The number of carbonyl (C=O) groups is 3. The molecule has 2 amide bonds. The summed E-state index contributed by atoms with van der Waals surface area (Å²) < 4.78 is 5.17. The summed E-state index contributed by atoms with van der Waals surface area (Å²) in [6.07, 6.45) is 3.40. The fourth-order valence-corrected chi connectivity index (χ4v) is 3.70. The van der Waals surface area contributed by atoms with E-state index in [9.17, 15) is 14.4 Å². The summed E-state index contributed by atoms with van der Waals surface area (Å²) in [6, 6.07) is 4.57. The van der Waals surface area contributed by atoms with Crippen molar-refractivity contribution >= 4 is 41.0 Å². The van der Waals surface area contributed by atoms with Gasteiger partial charge in [0.25, 0.3) is 0 Å². The first-order chi connectivity index (χ1) is 11.5. The van der Waals surface area contributed by atoms with Gasteiger partial charge in [0.05, 0.1) is 23.3 Å². The highest BCUT2D eigenvalue weighted by molar-refractivity contribution is 6.34. The predicted molar refractivity (Wildman–Crippen MR) is 88.9 cm³/mol. The van der Waals surface area contributed by atoms with Crippen LogP contribution in [0.15, 0.2) is 18.2 Å². The van der Waals surface area contributed by atoms with Gasteiger partial charge in [-0.15, -0.1) is 0 Å². The molecule has 1 saturated heterocycles. The minimum Gasteiger partial charge on any atom is -0.425 e.